The molecule has 0 saturated heterocycles. The Morgan fingerprint density at radius 2 is 1.95 bits per heavy atom. The zero-order valence-electron chi connectivity index (χ0n) is 13.9. The predicted octanol–water partition coefficient (Wildman–Crippen LogP) is 4.44. The third-order valence-electron chi connectivity index (χ3n) is 4.03. The Hall–Kier alpha value is -1.35. The summed E-state index contributed by atoms with van der Waals surface area (Å²) in [4.78, 5) is 0. The van der Waals surface area contributed by atoms with E-state index in [4.69, 9.17) is 5.10 Å². The van der Waals surface area contributed by atoms with Gasteiger partial charge in [0.25, 0.3) is 0 Å². The van der Waals surface area contributed by atoms with Crippen LogP contribution in [0.2, 0.25) is 0 Å². The molecule has 1 unspecified atom stereocenters. The van der Waals surface area contributed by atoms with Gasteiger partial charge < -0.3 is 5.32 Å². The van der Waals surface area contributed by atoms with E-state index in [2.05, 4.69) is 50.4 Å². The van der Waals surface area contributed by atoms with Crippen LogP contribution in [0, 0.1) is 5.92 Å². The molecule has 3 heteroatoms. The summed E-state index contributed by atoms with van der Waals surface area (Å²) in [5.74, 6) is 0.775. The average Bonchev–Trinajstić information content (AvgIpc) is 2.80. The van der Waals surface area contributed by atoms with Gasteiger partial charge in [-0.1, -0.05) is 51.8 Å². The Morgan fingerprint density at radius 3 is 2.67 bits per heavy atom. The summed E-state index contributed by atoms with van der Waals surface area (Å²) >= 11 is 0. The van der Waals surface area contributed by atoms with E-state index in [0.29, 0.717) is 6.04 Å². The molecule has 0 spiro atoms. The number of para-hydroxylation sites is 1. The Bertz CT molecular complexity index is 557. The molecule has 0 aliphatic heterocycles. The maximum atomic E-state index is 4.79. The van der Waals surface area contributed by atoms with Crippen molar-refractivity contribution in [3.05, 3.63) is 30.0 Å². The van der Waals surface area contributed by atoms with Crippen molar-refractivity contribution in [1.82, 2.24) is 15.1 Å². The molecule has 0 saturated carbocycles. The lowest BCUT2D eigenvalue weighted by molar-refractivity contribution is 0.440. The minimum atomic E-state index is 0.370. The van der Waals surface area contributed by atoms with E-state index in [0.717, 1.165) is 18.9 Å². The number of hydrogen-bond acceptors (Lipinski definition) is 2. The van der Waals surface area contributed by atoms with E-state index in [9.17, 15) is 0 Å². The first-order valence-electron chi connectivity index (χ1n) is 8.28. The summed E-state index contributed by atoms with van der Waals surface area (Å²) < 4.78 is 2.01. The van der Waals surface area contributed by atoms with Crippen LogP contribution in [0.15, 0.2) is 24.3 Å². The van der Waals surface area contributed by atoms with Gasteiger partial charge in [-0.15, -0.1) is 0 Å². The predicted molar refractivity (Wildman–Crippen MR) is 90.4 cm³/mol. The molecule has 1 heterocycles. The van der Waals surface area contributed by atoms with Gasteiger partial charge in [0.05, 0.1) is 17.3 Å². The zero-order chi connectivity index (χ0) is 15.2. The zero-order valence-corrected chi connectivity index (χ0v) is 13.9. The summed E-state index contributed by atoms with van der Waals surface area (Å²) in [6.45, 7) is 7.86. The minimum Gasteiger partial charge on any atom is -0.309 e. The second-order valence-corrected chi connectivity index (χ2v) is 6.36. The monoisotopic (exact) mass is 287 g/mol. The third-order valence-corrected chi connectivity index (χ3v) is 4.03. The van der Waals surface area contributed by atoms with Crippen molar-refractivity contribution in [2.24, 2.45) is 13.0 Å². The average molecular weight is 287 g/mol. The topological polar surface area (TPSA) is 29.9 Å². The maximum absolute atomic E-state index is 4.79. The summed E-state index contributed by atoms with van der Waals surface area (Å²) in [6.07, 6.45) is 4.86. The molecule has 21 heavy (non-hydrogen) atoms. The number of hydrogen-bond donors (Lipinski definition) is 1. The molecule has 3 nitrogen and oxygen atoms in total. The Kier molecular flexibility index (Phi) is 5.80. The second kappa shape index (κ2) is 7.60. The summed E-state index contributed by atoms with van der Waals surface area (Å²) in [5, 5.41) is 9.77. The van der Waals surface area contributed by atoms with E-state index in [1.807, 2.05) is 11.7 Å². The van der Waals surface area contributed by atoms with Crippen molar-refractivity contribution in [2.45, 2.75) is 52.5 Å². The van der Waals surface area contributed by atoms with Crippen LogP contribution in [0.3, 0.4) is 0 Å². The van der Waals surface area contributed by atoms with Gasteiger partial charge in [0.1, 0.15) is 0 Å². The van der Waals surface area contributed by atoms with Crippen LogP contribution in [0.5, 0.6) is 0 Å². The van der Waals surface area contributed by atoms with Crippen molar-refractivity contribution < 1.29 is 0 Å². The van der Waals surface area contributed by atoms with Gasteiger partial charge in [-0.05, 0) is 31.4 Å². The largest absolute Gasteiger partial charge is 0.309 e. The fourth-order valence-electron chi connectivity index (χ4n) is 2.88. The summed E-state index contributed by atoms with van der Waals surface area (Å²) in [5.41, 5.74) is 2.44. The van der Waals surface area contributed by atoms with Gasteiger partial charge in [-0.2, -0.15) is 5.10 Å². The molecule has 0 aliphatic carbocycles. The van der Waals surface area contributed by atoms with E-state index in [1.165, 1.54) is 35.9 Å². The fourth-order valence-corrected chi connectivity index (χ4v) is 2.88. The minimum absolute atomic E-state index is 0.370. The molecule has 1 atom stereocenters. The highest BCUT2D eigenvalue weighted by Gasteiger charge is 2.18. The normalized spacial score (nSPS) is 13.2. The van der Waals surface area contributed by atoms with Crippen LogP contribution >= 0.6 is 0 Å². The molecule has 1 aromatic carbocycles. The van der Waals surface area contributed by atoms with Gasteiger partial charge in [-0.25, -0.2) is 0 Å². The molecule has 0 fully saturated rings. The van der Waals surface area contributed by atoms with Crippen molar-refractivity contribution in [1.29, 1.82) is 0 Å². The highest BCUT2D eigenvalue weighted by molar-refractivity contribution is 5.82. The third kappa shape index (κ3) is 4.07. The molecule has 2 aromatic rings. The van der Waals surface area contributed by atoms with Crippen LogP contribution < -0.4 is 5.32 Å². The number of aryl methyl sites for hydroxylation is 1. The van der Waals surface area contributed by atoms with Crippen molar-refractivity contribution >= 4 is 10.9 Å². The number of nitrogens with one attached hydrogen (secondary N) is 1. The summed E-state index contributed by atoms with van der Waals surface area (Å²) in [7, 11) is 2.04. The Balaban J connectivity index is 2.21. The number of nitrogens with zero attached hydrogens (tertiary/aromatic N) is 2. The number of benzene rings is 1. The Morgan fingerprint density at radius 1 is 1.19 bits per heavy atom. The quantitative estimate of drug-likeness (QED) is 0.778. The first kappa shape index (κ1) is 16.0. The van der Waals surface area contributed by atoms with Crippen molar-refractivity contribution in [2.75, 3.05) is 6.54 Å². The summed E-state index contributed by atoms with van der Waals surface area (Å²) in [6, 6.07) is 8.91. The highest BCUT2D eigenvalue weighted by atomic mass is 15.3. The SMILES string of the molecule is CCCNC(CCCC(C)C)c1nn(C)c2ccccc12. The first-order valence-corrected chi connectivity index (χ1v) is 8.28. The van der Waals surface area contributed by atoms with Gasteiger partial charge >= 0.3 is 0 Å². The number of rotatable bonds is 8. The van der Waals surface area contributed by atoms with Gasteiger partial charge in [0, 0.05) is 12.4 Å². The van der Waals surface area contributed by atoms with E-state index < -0.39 is 0 Å². The molecule has 2 rings (SSSR count). The van der Waals surface area contributed by atoms with Gasteiger partial charge in [0.2, 0.25) is 0 Å². The number of aromatic nitrogens is 2. The van der Waals surface area contributed by atoms with E-state index in [-0.39, 0.29) is 0 Å². The fraction of sp³-hybridized carbons (Fsp3) is 0.611. The van der Waals surface area contributed by atoms with Crippen LogP contribution in [0.25, 0.3) is 10.9 Å². The molecule has 0 bridgehead atoms. The lowest BCUT2D eigenvalue weighted by Crippen LogP contribution is -2.23. The Labute approximate surface area is 128 Å². The molecule has 116 valence electrons. The molecular weight excluding hydrogens is 258 g/mol. The van der Waals surface area contributed by atoms with Crippen LogP contribution in [-0.4, -0.2) is 16.3 Å². The highest BCUT2D eigenvalue weighted by Crippen LogP contribution is 2.27. The van der Waals surface area contributed by atoms with Gasteiger partial charge in [0.15, 0.2) is 0 Å². The molecule has 0 aliphatic rings. The lowest BCUT2D eigenvalue weighted by atomic mass is 9.99. The number of fused-ring (bicyclic) bond motifs is 1. The van der Waals surface area contributed by atoms with Gasteiger partial charge in [-0.3, -0.25) is 4.68 Å². The molecule has 1 N–H and O–H groups in total. The molecule has 0 amide bonds. The standard InChI is InChI=1S/C18H29N3/c1-5-13-19-16(11-8-9-14(2)3)18-15-10-6-7-12-17(15)21(4)20-18/h6-7,10,12,14,16,19H,5,8-9,11,13H2,1-4H3. The molecule has 0 radical (unpaired) electrons. The van der Waals surface area contributed by atoms with Crippen molar-refractivity contribution in [3.8, 4) is 0 Å². The van der Waals surface area contributed by atoms with Crippen LogP contribution in [-0.2, 0) is 7.05 Å². The van der Waals surface area contributed by atoms with E-state index >= 15 is 0 Å². The second-order valence-electron chi connectivity index (χ2n) is 6.36. The lowest BCUT2D eigenvalue weighted by Gasteiger charge is -2.17. The van der Waals surface area contributed by atoms with Crippen molar-refractivity contribution in [3.63, 3.8) is 0 Å². The van der Waals surface area contributed by atoms with Crippen LogP contribution in [0.1, 0.15) is 58.2 Å². The maximum Gasteiger partial charge on any atom is 0.0872 e. The first-order chi connectivity index (χ1) is 10.1. The van der Waals surface area contributed by atoms with E-state index in [1.54, 1.807) is 0 Å². The van der Waals surface area contributed by atoms with Crippen LogP contribution in [0.4, 0.5) is 0 Å². The smallest absolute Gasteiger partial charge is 0.0872 e. The molecule has 1 aromatic heterocycles. The molecular formula is C18H29N3.